The molecule has 5 heteroatoms. The Hall–Kier alpha value is -1.26. The first kappa shape index (κ1) is 15.8. The molecular formula is C14H23FN2O2. The lowest BCUT2D eigenvalue weighted by atomic mass is 9.99. The van der Waals surface area contributed by atoms with Crippen molar-refractivity contribution in [2.75, 3.05) is 13.2 Å². The highest BCUT2D eigenvalue weighted by Gasteiger charge is 2.26. The molecule has 0 spiro atoms. The predicted octanol–water partition coefficient (Wildman–Crippen LogP) is 1.93. The molecule has 0 bridgehead atoms. The molecule has 0 aliphatic carbocycles. The van der Waals surface area contributed by atoms with Crippen molar-refractivity contribution in [3.8, 4) is 0 Å². The lowest BCUT2D eigenvalue weighted by molar-refractivity contribution is -0.123. The van der Waals surface area contributed by atoms with E-state index in [1.165, 1.54) is 6.92 Å². The van der Waals surface area contributed by atoms with Gasteiger partial charge in [-0.25, -0.2) is 0 Å². The van der Waals surface area contributed by atoms with E-state index >= 15 is 0 Å². The normalized spacial score (nSPS) is 23.3. The van der Waals surface area contributed by atoms with E-state index in [0.29, 0.717) is 13.0 Å². The Morgan fingerprint density at radius 2 is 2.21 bits per heavy atom. The van der Waals surface area contributed by atoms with Crippen molar-refractivity contribution in [3.63, 3.8) is 0 Å². The second kappa shape index (κ2) is 8.02. The molecule has 0 fully saturated rings. The molecule has 0 aromatic heterocycles. The molecule has 0 aromatic carbocycles. The van der Waals surface area contributed by atoms with Gasteiger partial charge in [-0.1, -0.05) is 13.3 Å². The fraction of sp³-hybridized carbons (Fsp3) is 0.786. The Balaban J connectivity index is 2.12. The number of nitrogens with one attached hydrogen (secondary N) is 1. The summed E-state index contributed by atoms with van der Waals surface area (Å²) >= 11 is 0. The number of hydrogen-bond acceptors (Lipinski definition) is 3. The van der Waals surface area contributed by atoms with Crippen molar-refractivity contribution in [1.82, 2.24) is 5.32 Å². The van der Waals surface area contributed by atoms with Crippen LogP contribution in [0.3, 0.4) is 0 Å². The molecule has 1 aliphatic rings. The summed E-state index contributed by atoms with van der Waals surface area (Å²) in [5.74, 6) is -0.334. The number of carbonyl (C=O) groups is 2. The van der Waals surface area contributed by atoms with Gasteiger partial charge in [-0.3, -0.25) is 19.0 Å². The Bertz CT molecular complexity index is 344. The zero-order chi connectivity index (χ0) is 14.3. The second-order valence-electron chi connectivity index (χ2n) is 5.24. The lowest BCUT2D eigenvalue weighted by Gasteiger charge is -2.14. The van der Waals surface area contributed by atoms with Crippen LogP contribution in [0.25, 0.3) is 0 Å². The zero-order valence-electron chi connectivity index (χ0n) is 11.7. The Morgan fingerprint density at radius 1 is 1.47 bits per heavy atom. The number of Topliss-reactive ketones (excluding diaryl/α,β-unsaturated/α-hetero) is 1. The quantitative estimate of drug-likeness (QED) is 0.685. The van der Waals surface area contributed by atoms with E-state index < -0.39 is 12.6 Å². The largest absolute Gasteiger partial charge is 0.354 e. The molecule has 4 nitrogen and oxygen atoms in total. The van der Waals surface area contributed by atoms with Gasteiger partial charge in [0.15, 0.2) is 0 Å². The van der Waals surface area contributed by atoms with Crippen molar-refractivity contribution in [2.45, 2.75) is 45.6 Å². The van der Waals surface area contributed by atoms with Crippen LogP contribution in [0.4, 0.5) is 4.39 Å². The molecule has 1 heterocycles. The minimum Gasteiger partial charge on any atom is -0.354 e. The van der Waals surface area contributed by atoms with Crippen LogP contribution < -0.4 is 5.32 Å². The number of nitrogens with zero attached hydrogens (tertiary/aromatic N) is 1. The lowest BCUT2D eigenvalue weighted by Crippen LogP contribution is -2.36. The number of rotatable bonds is 8. The van der Waals surface area contributed by atoms with E-state index in [4.69, 9.17) is 0 Å². The summed E-state index contributed by atoms with van der Waals surface area (Å²) in [6.07, 6.45) is 4.72. The number of alkyl halides is 1. The Morgan fingerprint density at radius 3 is 2.74 bits per heavy atom. The average Bonchev–Trinajstić information content (AvgIpc) is 2.79. The van der Waals surface area contributed by atoms with Crippen molar-refractivity contribution in [1.29, 1.82) is 0 Å². The molecule has 1 amide bonds. The second-order valence-corrected chi connectivity index (χ2v) is 5.24. The van der Waals surface area contributed by atoms with Gasteiger partial charge in [0.2, 0.25) is 5.91 Å². The summed E-state index contributed by atoms with van der Waals surface area (Å²) in [6.45, 7) is 3.41. The molecule has 0 saturated heterocycles. The van der Waals surface area contributed by atoms with Gasteiger partial charge in [0.25, 0.3) is 0 Å². The van der Waals surface area contributed by atoms with Gasteiger partial charge in [-0.2, -0.15) is 0 Å². The maximum atomic E-state index is 12.5. The SMILES string of the molecule is CC(=O)[C@H](CF)CCCCNC(=O)[C@H]1N=CC[C@@H]1C. The number of hydrogen-bond donors (Lipinski definition) is 1. The highest BCUT2D eigenvalue weighted by molar-refractivity contribution is 5.85. The highest BCUT2D eigenvalue weighted by atomic mass is 19.1. The van der Waals surface area contributed by atoms with Crippen LogP contribution >= 0.6 is 0 Å². The number of amides is 1. The van der Waals surface area contributed by atoms with E-state index in [2.05, 4.69) is 10.3 Å². The van der Waals surface area contributed by atoms with Crippen LogP contribution in [0.15, 0.2) is 4.99 Å². The van der Waals surface area contributed by atoms with Crippen LogP contribution in [0, 0.1) is 11.8 Å². The predicted molar refractivity (Wildman–Crippen MR) is 73.1 cm³/mol. The summed E-state index contributed by atoms with van der Waals surface area (Å²) in [5.41, 5.74) is 0. The number of ketones is 1. The van der Waals surface area contributed by atoms with Crippen LogP contribution in [0.5, 0.6) is 0 Å². The minimum absolute atomic E-state index is 0.0325. The highest BCUT2D eigenvalue weighted by Crippen LogP contribution is 2.16. The first-order valence-corrected chi connectivity index (χ1v) is 6.92. The third kappa shape index (κ3) is 5.09. The van der Waals surface area contributed by atoms with Gasteiger partial charge < -0.3 is 5.32 Å². The van der Waals surface area contributed by atoms with Crippen LogP contribution in [-0.4, -0.2) is 37.2 Å². The average molecular weight is 270 g/mol. The van der Waals surface area contributed by atoms with Crippen molar-refractivity contribution in [3.05, 3.63) is 0 Å². The maximum absolute atomic E-state index is 12.5. The summed E-state index contributed by atoms with van der Waals surface area (Å²) in [7, 11) is 0. The van der Waals surface area contributed by atoms with E-state index in [1.807, 2.05) is 6.92 Å². The van der Waals surface area contributed by atoms with E-state index in [1.54, 1.807) is 6.21 Å². The zero-order valence-corrected chi connectivity index (χ0v) is 11.7. The summed E-state index contributed by atoms with van der Waals surface area (Å²) in [5, 5.41) is 2.84. The van der Waals surface area contributed by atoms with Crippen molar-refractivity contribution in [2.24, 2.45) is 16.8 Å². The Labute approximate surface area is 113 Å². The van der Waals surface area contributed by atoms with Crippen LogP contribution in [0.2, 0.25) is 0 Å². The molecule has 0 saturated carbocycles. The van der Waals surface area contributed by atoms with Crippen LogP contribution in [0.1, 0.15) is 39.5 Å². The third-order valence-electron chi connectivity index (χ3n) is 3.59. The number of halogens is 1. The molecular weight excluding hydrogens is 247 g/mol. The topological polar surface area (TPSA) is 58.5 Å². The maximum Gasteiger partial charge on any atom is 0.245 e. The van der Waals surface area contributed by atoms with Gasteiger partial charge in [0, 0.05) is 18.7 Å². The van der Waals surface area contributed by atoms with Crippen LogP contribution in [-0.2, 0) is 9.59 Å². The fourth-order valence-corrected chi connectivity index (χ4v) is 2.16. The summed E-state index contributed by atoms with van der Waals surface area (Å²) in [4.78, 5) is 27.0. The van der Waals surface area contributed by atoms with Gasteiger partial charge in [-0.05, 0) is 32.1 Å². The number of unbranched alkanes of at least 4 members (excludes halogenated alkanes) is 1. The standard InChI is InChI=1S/C14H23FN2O2/c1-10-6-8-16-13(10)14(19)17-7-4-3-5-12(9-15)11(2)18/h8,10,12-13H,3-7,9H2,1-2H3,(H,17,19)/t10-,12-,13-/m0/s1. The molecule has 1 N–H and O–H groups in total. The molecule has 0 radical (unpaired) electrons. The monoisotopic (exact) mass is 270 g/mol. The van der Waals surface area contributed by atoms with Gasteiger partial charge in [0.1, 0.15) is 11.8 Å². The van der Waals surface area contributed by atoms with Gasteiger partial charge >= 0.3 is 0 Å². The molecule has 19 heavy (non-hydrogen) atoms. The van der Waals surface area contributed by atoms with Crippen molar-refractivity contribution < 1.29 is 14.0 Å². The van der Waals surface area contributed by atoms with Gasteiger partial charge in [-0.15, -0.1) is 0 Å². The molecule has 108 valence electrons. The molecule has 0 unspecified atom stereocenters. The summed E-state index contributed by atoms with van der Waals surface area (Å²) < 4.78 is 12.5. The first-order valence-electron chi connectivity index (χ1n) is 6.92. The molecule has 0 aromatic rings. The number of aliphatic imine (C=N–C) groups is 1. The Kier molecular flexibility index (Phi) is 6.67. The van der Waals surface area contributed by atoms with E-state index in [0.717, 1.165) is 19.3 Å². The van der Waals surface area contributed by atoms with Crippen molar-refractivity contribution >= 4 is 17.9 Å². The number of carbonyl (C=O) groups excluding carboxylic acids is 2. The smallest absolute Gasteiger partial charge is 0.245 e. The summed E-state index contributed by atoms with van der Waals surface area (Å²) in [6, 6.07) is -0.254. The van der Waals surface area contributed by atoms with Gasteiger partial charge in [0.05, 0.1) is 6.67 Å². The minimum atomic E-state index is -0.587. The molecule has 3 atom stereocenters. The van der Waals surface area contributed by atoms with E-state index in [9.17, 15) is 14.0 Å². The molecule has 1 aliphatic heterocycles. The first-order chi connectivity index (χ1) is 9.06. The molecule has 1 rings (SSSR count). The van der Waals surface area contributed by atoms with E-state index in [-0.39, 0.29) is 23.7 Å². The third-order valence-corrected chi connectivity index (χ3v) is 3.59. The fourth-order valence-electron chi connectivity index (χ4n) is 2.16.